The maximum absolute atomic E-state index is 14.8. The number of benzene rings is 2. The molecule has 0 amide bonds. The average molecular weight is 799 g/mol. The lowest BCUT2D eigenvalue weighted by molar-refractivity contribution is 0.0690. The van der Waals surface area contributed by atoms with Gasteiger partial charge < -0.3 is 29.9 Å². The lowest BCUT2D eigenvalue weighted by atomic mass is 10.2. The Hall–Kier alpha value is -4.92. The number of fused-ring (bicyclic) bond motifs is 3. The molecule has 13 nitrogen and oxygen atoms in total. The predicted octanol–water partition coefficient (Wildman–Crippen LogP) is 6.03. The van der Waals surface area contributed by atoms with Gasteiger partial charge in [-0.1, -0.05) is 35.3 Å². The lowest BCUT2D eigenvalue weighted by Crippen LogP contribution is -2.47. The van der Waals surface area contributed by atoms with Crippen molar-refractivity contribution >= 4 is 66.4 Å². The van der Waals surface area contributed by atoms with Crippen molar-refractivity contribution in [2.24, 2.45) is 0 Å². The normalized spacial score (nSPS) is 15.3. The van der Waals surface area contributed by atoms with E-state index in [0.717, 1.165) is 79.7 Å². The van der Waals surface area contributed by atoms with Gasteiger partial charge in [-0.3, -0.25) is 9.80 Å². The summed E-state index contributed by atoms with van der Waals surface area (Å²) in [5, 5.41) is 24.4. The van der Waals surface area contributed by atoms with E-state index in [-0.39, 0.29) is 18.1 Å². The average Bonchev–Trinajstić information content (AvgIpc) is 3.81. The molecule has 56 heavy (non-hydrogen) atoms. The van der Waals surface area contributed by atoms with E-state index in [1.807, 2.05) is 48.2 Å². The Labute approximate surface area is 334 Å². The van der Waals surface area contributed by atoms with E-state index in [4.69, 9.17) is 14.8 Å². The Balaban J connectivity index is 1.09. The first-order valence-electron chi connectivity index (χ1n) is 18.9. The number of aromatic nitrogens is 4. The van der Waals surface area contributed by atoms with E-state index in [9.17, 15) is 14.3 Å². The number of aromatic carboxylic acids is 1. The number of carboxylic acid groups (broad SMARTS) is 1. The van der Waals surface area contributed by atoms with Crippen molar-refractivity contribution in [3.63, 3.8) is 0 Å². The predicted molar refractivity (Wildman–Crippen MR) is 222 cm³/mol. The molecule has 0 unspecified atom stereocenters. The summed E-state index contributed by atoms with van der Waals surface area (Å²) < 4.78 is 21.6. The van der Waals surface area contributed by atoms with Gasteiger partial charge in [-0.25, -0.2) is 19.2 Å². The first-order valence-corrected chi connectivity index (χ1v) is 20.6. The van der Waals surface area contributed by atoms with E-state index in [1.165, 1.54) is 17.4 Å². The van der Waals surface area contributed by atoms with E-state index in [1.54, 1.807) is 23.5 Å². The molecule has 5 aromatic rings. The van der Waals surface area contributed by atoms with Crippen molar-refractivity contribution in [3.05, 3.63) is 70.5 Å². The van der Waals surface area contributed by atoms with Crippen LogP contribution in [0.2, 0.25) is 0 Å². The zero-order valence-corrected chi connectivity index (χ0v) is 33.6. The van der Waals surface area contributed by atoms with Gasteiger partial charge in [-0.2, -0.15) is 0 Å². The van der Waals surface area contributed by atoms with Gasteiger partial charge >= 0.3 is 5.97 Å². The molecule has 2 aliphatic heterocycles. The number of piperazine rings is 1. The fraction of sp³-hybridized carbons (Fsp3) is 0.425. The first kappa shape index (κ1) is 39.3. The van der Waals surface area contributed by atoms with E-state index in [2.05, 4.69) is 55.1 Å². The van der Waals surface area contributed by atoms with Crippen LogP contribution in [-0.4, -0.2) is 133 Å². The molecule has 2 N–H and O–H groups in total. The summed E-state index contributed by atoms with van der Waals surface area (Å²) in [7, 11) is 6.01. The number of nitrogens with zero attached hydrogens (tertiary/aromatic N) is 9. The zero-order chi connectivity index (χ0) is 39.0. The van der Waals surface area contributed by atoms with Gasteiger partial charge in [0, 0.05) is 68.9 Å². The summed E-state index contributed by atoms with van der Waals surface area (Å²) in [4.78, 5) is 33.7. The molecular weight excluding hydrogens is 752 g/mol. The van der Waals surface area contributed by atoms with E-state index in [0.29, 0.717) is 53.1 Å². The molecule has 0 saturated carbocycles. The Morgan fingerprint density at radius 1 is 1.00 bits per heavy atom. The molecule has 5 heterocycles. The highest BCUT2D eigenvalue weighted by atomic mass is 32.1. The van der Waals surface area contributed by atoms with Crippen LogP contribution in [0.15, 0.2) is 48.5 Å². The van der Waals surface area contributed by atoms with Gasteiger partial charge in [0.1, 0.15) is 0 Å². The first-order chi connectivity index (χ1) is 27.2. The number of likely N-dealkylation sites (N-methyl/N-ethyl adjacent to an activating group) is 1. The summed E-state index contributed by atoms with van der Waals surface area (Å²) in [5.41, 5.74) is 2.43. The van der Waals surface area contributed by atoms with E-state index < -0.39 is 11.8 Å². The number of aryl methyl sites for hydroxylation is 1. The summed E-state index contributed by atoms with van der Waals surface area (Å²) in [5.74, 6) is 5.74. The smallest absolute Gasteiger partial charge is 0.355 e. The van der Waals surface area contributed by atoms with Crippen LogP contribution in [0.3, 0.4) is 0 Å². The molecule has 1 saturated heterocycles. The van der Waals surface area contributed by atoms with Crippen molar-refractivity contribution < 1.29 is 19.0 Å². The fourth-order valence-electron chi connectivity index (χ4n) is 6.63. The Bertz CT molecular complexity index is 2160. The van der Waals surface area contributed by atoms with Crippen LogP contribution < -0.4 is 19.9 Å². The largest absolute Gasteiger partial charge is 0.491 e. The number of ether oxygens (including phenoxy) is 1. The maximum atomic E-state index is 14.8. The van der Waals surface area contributed by atoms with Gasteiger partial charge in [0.15, 0.2) is 39.2 Å². The van der Waals surface area contributed by atoms with Crippen molar-refractivity contribution in [1.82, 2.24) is 34.9 Å². The van der Waals surface area contributed by atoms with Crippen LogP contribution in [0.5, 0.6) is 5.75 Å². The standard InChI is InChI=1S/C40H47FN10O3S2/c1-47(2)16-8-10-28-14-15-32(29(41)26-28)54-25-9-13-34-36(38(52)53)43-40(56-34)51-18-7-6-17-50(24-23-49-21-19-48(3)20-22-49)31-27-35(51)45-46-37(31)44-39-42-30-11-4-5-12-33(30)55-39/h4-5,11-12,14-15,26-27H,6-7,9,13,16-25H2,1-3H3,(H,52,53)(H,42,44,46). The van der Waals surface area contributed by atoms with Crippen molar-refractivity contribution in [2.75, 3.05) is 102 Å². The number of anilines is 5. The molecule has 1 fully saturated rings. The number of nitrogens with one attached hydrogen (secondary N) is 1. The second-order valence-electron chi connectivity index (χ2n) is 14.2. The Kier molecular flexibility index (Phi) is 12.9. The Morgan fingerprint density at radius 2 is 1.82 bits per heavy atom. The van der Waals surface area contributed by atoms with Crippen LogP contribution in [0.1, 0.15) is 40.2 Å². The second kappa shape index (κ2) is 18.4. The topological polar surface area (TPSA) is 126 Å². The molecule has 2 bridgehead atoms. The minimum absolute atomic E-state index is 0.00723. The molecule has 294 valence electrons. The van der Waals surface area contributed by atoms with Gasteiger partial charge in [-0.15, -0.1) is 21.5 Å². The minimum Gasteiger partial charge on any atom is -0.491 e. The fourth-order valence-corrected chi connectivity index (χ4v) is 8.62. The highest BCUT2D eigenvalue weighted by molar-refractivity contribution is 7.22. The van der Waals surface area contributed by atoms with E-state index >= 15 is 0 Å². The molecule has 7 rings (SSSR count). The van der Waals surface area contributed by atoms with Gasteiger partial charge in [0.2, 0.25) is 0 Å². The van der Waals surface area contributed by atoms with Crippen molar-refractivity contribution in [1.29, 1.82) is 0 Å². The van der Waals surface area contributed by atoms with Crippen LogP contribution in [0.4, 0.5) is 32.0 Å². The highest BCUT2D eigenvalue weighted by Gasteiger charge is 2.26. The van der Waals surface area contributed by atoms with Crippen LogP contribution in [0.25, 0.3) is 10.2 Å². The monoisotopic (exact) mass is 798 g/mol. The molecule has 3 aromatic heterocycles. The number of thiazole rings is 2. The molecule has 16 heteroatoms. The van der Waals surface area contributed by atoms with Crippen LogP contribution >= 0.6 is 22.7 Å². The van der Waals surface area contributed by atoms with Crippen LogP contribution in [-0.2, 0) is 6.42 Å². The maximum Gasteiger partial charge on any atom is 0.355 e. The number of carboxylic acids is 1. The molecule has 2 aromatic carbocycles. The Morgan fingerprint density at radius 3 is 2.61 bits per heavy atom. The van der Waals surface area contributed by atoms with Crippen molar-refractivity contribution in [3.8, 4) is 17.6 Å². The number of para-hydroxylation sites is 1. The molecule has 0 aliphatic carbocycles. The summed E-state index contributed by atoms with van der Waals surface area (Å²) >= 11 is 2.91. The SMILES string of the molecule is CN(C)CC#Cc1ccc(OCCCc2sc(N3CCCCN(CCN4CCN(C)CC4)c4cc3nnc4Nc3nc4ccccc4s3)nc2C(=O)O)c(F)c1. The molecule has 2 aliphatic rings. The zero-order valence-electron chi connectivity index (χ0n) is 32.0. The molecule has 0 spiro atoms. The highest BCUT2D eigenvalue weighted by Crippen LogP contribution is 2.38. The number of carbonyl (C=O) groups is 1. The molecule has 0 radical (unpaired) electrons. The van der Waals surface area contributed by atoms with Crippen LogP contribution in [0, 0.1) is 17.7 Å². The quantitative estimate of drug-likeness (QED) is 0.106. The third-order valence-corrected chi connectivity index (χ3v) is 11.8. The summed E-state index contributed by atoms with van der Waals surface area (Å²) in [6, 6.07) is 14.8. The second-order valence-corrected chi connectivity index (χ2v) is 16.3. The van der Waals surface area contributed by atoms with Gasteiger partial charge in [0.05, 0.1) is 29.1 Å². The van der Waals surface area contributed by atoms with Gasteiger partial charge in [0.25, 0.3) is 0 Å². The van der Waals surface area contributed by atoms with Gasteiger partial charge in [-0.05, 0) is 77.2 Å². The molecule has 0 atom stereocenters. The minimum atomic E-state index is -1.10. The molecular formula is C40H47FN10O3S2. The third kappa shape index (κ3) is 9.90. The number of rotatable bonds is 13. The summed E-state index contributed by atoms with van der Waals surface area (Å²) in [6.07, 6.45) is 2.65. The number of hydrogen-bond donors (Lipinski definition) is 2. The lowest BCUT2D eigenvalue weighted by Gasteiger charge is -2.34. The van der Waals surface area contributed by atoms with Crippen molar-refractivity contribution in [2.45, 2.75) is 25.7 Å². The third-order valence-electron chi connectivity index (χ3n) is 9.72. The number of hydrogen-bond acceptors (Lipinski definition) is 14. The summed E-state index contributed by atoms with van der Waals surface area (Å²) in [6.45, 7) is 8.17. The number of halogens is 1.